The van der Waals surface area contributed by atoms with Crippen LogP contribution >= 0.6 is 11.6 Å². The van der Waals surface area contributed by atoms with Crippen molar-refractivity contribution in [2.45, 2.75) is 64.1 Å². The molecular weight excluding hydrogens is 353 g/mol. The number of hydrogen-bond acceptors (Lipinski definition) is 4. The Kier molecular flexibility index (Phi) is 4.99. The summed E-state index contributed by atoms with van der Waals surface area (Å²) in [6, 6.07) is 5.63. The van der Waals surface area contributed by atoms with E-state index in [2.05, 4.69) is 29.8 Å². The molecule has 1 aliphatic heterocycles. The number of hydrazine groups is 1. The van der Waals surface area contributed by atoms with Crippen LogP contribution in [0.15, 0.2) is 18.2 Å². The summed E-state index contributed by atoms with van der Waals surface area (Å²) in [5.74, 6) is 2.53. The van der Waals surface area contributed by atoms with E-state index in [1.54, 1.807) is 12.1 Å². The van der Waals surface area contributed by atoms with Gasteiger partial charge < -0.3 is 0 Å². The second-order valence-electron chi connectivity index (χ2n) is 7.59. The Labute approximate surface area is 158 Å². The van der Waals surface area contributed by atoms with Crippen molar-refractivity contribution in [1.29, 1.82) is 0 Å². The SMILES string of the molecule is CC1NNC(C)C1CCc1nc(C2CC2)nn1Cc1c(F)cccc1Cl. The molecule has 4 rings (SSSR count). The molecular formula is C19H25ClFN5. The zero-order chi connectivity index (χ0) is 18.3. The standard InChI is InChI=1S/C19H25ClFN5/c1-11-14(12(2)24-23-11)8-9-18-22-19(13-6-7-13)25-26(18)10-15-16(20)4-3-5-17(15)21/h3-5,11-14,23-24H,6-10H2,1-2H3. The third-order valence-electron chi connectivity index (χ3n) is 5.60. The maximum Gasteiger partial charge on any atom is 0.154 e. The second kappa shape index (κ2) is 7.25. The lowest BCUT2D eigenvalue weighted by Gasteiger charge is -2.17. The number of halogens is 2. The number of aromatic nitrogens is 3. The molecule has 2 aliphatic rings. The van der Waals surface area contributed by atoms with Crippen LogP contribution in [0.5, 0.6) is 0 Å². The molecule has 0 bridgehead atoms. The summed E-state index contributed by atoms with van der Waals surface area (Å²) < 4.78 is 16.1. The van der Waals surface area contributed by atoms with Gasteiger partial charge in [-0.05, 0) is 51.2 Å². The fourth-order valence-corrected chi connectivity index (χ4v) is 3.98. The Morgan fingerprint density at radius 2 is 1.96 bits per heavy atom. The molecule has 1 saturated carbocycles. The highest BCUT2D eigenvalue weighted by Gasteiger charge is 2.32. The molecule has 1 aromatic heterocycles. The largest absolute Gasteiger partial charge is 0.254 e. The summed E-state index contributed by atoms with van der Waals surface area (Å²) in [6.07, 6.45) is 4.13. The molecule has 2 unspecified atom stereocenters. The average Bonchev–Trinajstić information content (AvgIpc) is 3.31. The first-order valence-electron chi connectivity index (χ1n) is 9.40. The summed E-state index contributed by atoms with van der Waals surface area (Å²) in [5.41, 5.74) is 7.08. The van der Waals surface area contributed by atoms with Gasteiger partial charge in [-0.2, -0.15) is 5.10 Å². The number of rotatable bonds is 6. The van der Waals surface area contributed by atoms with Crippen LogP contribution in [0.2, 0.25) is 5.02 Å². The Bertz CT molecular complexity index is 758. The molecule has 2 atom stereocenters. The van der Waals surface area contributed by atoms with Gasteiger partial charge in [0.25, 0.3) is 0 Å². The molecule has 0 amide bonds. The Morgan fingerprint density at radius 1 is 1.23 bits per heavy atom. The van der Waals surface area contributed by atoms with Crippen LogP contribution in [0.3, 0.4) is 0 Å². The molecule has 0 radical (unpaired) electrons. The monoisotopic (exact) mass is 377 g/mol. The predicted molar refractivity (Wildman–Crippen MR) is 99.5 cm³/mol. The fraction of sp³-hybridized carbons (Fsp3) is 0.579. The predicted octanol–water partition coefficient (Wildman–Crippen LogP) is 3.43. The van der Waals surface area contributed by atoms with Gasteiger partial charge in [0.1, 0.15) is 11.6 Å². The van der Waals surface area contributed by atoms with Crippen LogP contribution in [0.4, 0.5) is 4.39 Å². The van der Waals surface area contributed by atoms with Gasteiger partial charge in [-0.25, -0.2) is 14.1 Å². The fourth-order valence-electron chi connectivity index (χ4n) is 3.76. The van der Waals surface area contributed by atoms with Gasteiger partial charge >= 0.3 is 0 Å². The highest BCUT2D eigenvalue weighted by molar-refractivity contribution is 6.31. The van der Waals surface area contributed by atoms with E-state index >= 15 is 0 Å². The second-order valence-corrected chi connectivity index (χ2v) is 7.99. The van der Waals surface area contributed by atoms with Gasteiger partial charge in [-0.1, -0.05) is 17.7 Å². The highest BCUT2D eigenvalue weighted by Crippen LogP contribution is 2.38. The Morgan fingerprint density at radius 3 is 2.62 bits per heavy atom. The number of benzene rings is 1. The first-order valence-corrected chi connectivity index (χ1v) is 9.78. The van der Waals surface area contributed by atoms with Crippen molar-refractivity contribution in [3.63, 3.8) is 0 Å². The summed E-state index contributed by atoms with van der Waals surface area (Å²) in [7, 11) is 0. The van der Waals surface area contributed by atoms with E-state index in [1.165, 1.54) is 6.07 Å². The zero-order valence-corrected chi connectivity index (χ0v) is 15.9. The lowest BCUT2D eigenvalue weighted by Crippen LogP contribution is -2.30. The third-order valence-corrected chi connectivity index (χ3v) is 5.96. The molecule has 26 heavy (non-hydrogen) atoms. The van der Waals surface area contributed by atoms with E-state index in [1.807, 2.05) is 4.68 Å². The van der Waals surface area contributed by atoms with Crippen molar-refractivity contribution < 1.29 is 4.39 Å². The van der Waals surface area contributed by atoms with Crippen LogP contribution in [0, 0.1) is 11.7 Å². The van der Waals surface area contributed by atoms with Crippen LogP contribution in [0.1, 0.15) is 56.2 Å². The van der Waals surface area contributed by atoms with Crippen LogP contribution in [-0.2, 0) is 13.0 Å². The van der Waals surface area contributed by atoms with Crippen molar-refractivity contribution in [3.05, 3.63) is 46.3 Å². The Balaban J connectivity index is 1.55. The molecule has 2 heterocycles. The van der Waals surface area contributed by atoms with Gasteiger partial charge in [0.15, 0.2) is 5.82 Å². The minimum Gasteiger partial charge on any atom is -0.254 e. The summed E-state index contributed by atoms with van der Waals surface area (Å²) in [4.78, 5) is 4.78. The van der Waals surface area contributed by atoms with Crippen LogP contribution in [-0.4, -0.2) is 26.8 Å². The maximum atomic E-state index is 14.2. The van der Waals surface area contributed by atoms with E-state index in [9.17, 15) is 4.39 Å². The highest BCUT2D eigenvalue weighted by atomic mass is 35.5. The van der Waals surface area contributed by atoms with Crippen molar-refractivity contribution >= 4 is 11.6 Å². The van der Waals surface area contributed by atoms with E-state index in [-0.39, 0.29) is 5.82 Å². The number of nitrogens with one attached hydrogen (secondary N) is 2. The smallest absolute Gasteiger partial charge is 0.154 e. The first kappa shape index (κ1) is 17.9. The zero-order valence-electron chi connectivity index (χ0n) is 15.2. The van der Waals surface area contributed by atoms with E-state index in [0.29, 0.717) is 41.1 Å². The molecule has 7 heteroatoms. The quantitative estimate of drug-likeness (QED) is 0.809. The molecule has 1 saturated heterocycles. The number of hydrogen-bond donors (Lipinski definition) is 2. The van der Waals surface area contributed by atoms with E-state index < -0.39 is 0 Å². The summed E-state index contributed by atoms with van der Waals surface area (Å²) in [5, 5.41) is 5.12. The number of aryl methyl sites for hydroxylation is 1. The minimum atomic E-state index is -0.293. The first-order chi connectivity index (χ1) is 12.5. The molecule has 140 valence electrons. The van der Waals surface area contributed by atoms with Crippen molar-refractivity contribution in [1.82, 2.24) is 25.6 Å². The minimum absolute atomic E-state index is 0.293. The normalized spacial score (nSPS) is 25.8. The van der Waals surface area contributed by atoms with Gasteiger partial charge in [0, 0.05) is 35.0 Å². The molecule has 0 spiro atoms. The molecule has 1 aromatic carbocycles. The van der Waals surface area contributed by atoms with Crippen molar-refractivity contribution in [2.75, 3.05) is 0 Å². The number of nitrogens with zero attached hydrogens (tertiary/aromatic N) is 3. The van der Waals surface area contributed by atoms with Crippen LogP contribution < -0.4 is 10.9 Å². The molecule has 2 fully saturated rings. The van der Waals surface area contributed by atoms with Gasteiger partial charge in [0.05, 0.1) is 6.54 Å². The maximum absolute atomic E-state index is 14.2. The van der Waals surface area contributed by atoms with Crippen LogP contribution in [0.25, 0.3) is 0 Å². The lowest BCUT2D eigenvalue weighted by atomic mass is 9.91. The Hall–Kier alpha value is -1.50. The van der Waals surface area contributed by atoms with Crippen molar-refractivity contribution in [2.24, 2.45) is 5.92 Å². The van der Waals surface area contributed by atoms with E-state index in [0.717, 1.165) is 37.3 Å². The van der Waals surface area contributed by atoms with Crippen molar-refractivity contribution in [3.8, 4) is 0 Å². The van der Waals surface area contributed by atoms with E-state index in [4.69, 9.17) is 16.6 Å². The van der Waals surface area contributed by atoms with Gasteiger partial charge in [-0.15, -0.1) is 0 Å². The summed E-state index contributed by atoms with van der Waals surface area (Å²) in [6.45, 7) is 4.72. The topological polar surface area (TPSA) is 54.8 Å². The molecule has 5 nitrogen and oxygen atoms in total. The molecule has 2 aromatic rings. The molecule has 1 aliphatic carbocycles. The lowest BCUT2D eigenvalue weighted by molar-refractivity contribution is 0.406. The van der Waals surface area contributed by atoms with Gasteiger partial charge in [-0.3, -0.25) is 10.9 Å². The summed E-state index contributed by atoms with van der Waals surface area (Å²) >= 11 is 6.21. The molecule has 2 N–H and O–H groups in total. The third kappa shape index (κ3) is 3.63. The van der Waals surface area contributed by atoms with Gasteiger partial charge in [0.2, 0.25) is 0 Å². The average molecular weight is 378 g/mol.